The fourth-order valence-electron chi connectivity index (χ4n) is 1.33. The van der Waals surface area contributed by atoms with Crippen LogP contribution in [0, 0.1) is 12.3 Å². The van der Waals surface area contributed by atoms with Crippen LogP contribution in [0.4, 0.5) is 0 Å². The second kappa shape index (κ2) is 5.00. The molecule has 0 aliphatic heterocycles. The van der Waals surface area contributed by atoms with E-state index in [0.717, 1.165) is 0 Å². The number of ether oxygens (including phenoxy) is 1. The van der Waals surface area contributed by atoms with E-state index < -0.39 is 0 Å². The minimum absolute atomic E-state index is 0.207. The molecule has 1 aromatic carbocycles. The summed E-state index contributed by atoms with van der Waals surface area (Å²) in [5.74, 6) is 2.45. The molecule has 1 nitrogen and oxygen atoms in total. The summed E-state index contributed by atoms with van der Waals surface area (Å²) in [5, 5.41) is 0. The quantitative estimate of drug-likeness (QED) is 0.540. The molecule has 15 heavy (non-hydrogen) atoms. The van der Waals surface area contributed by atoms with Gasteiger partial charge in [-0.3, -0.25) is 0 Å². The van der Waals surface area contributed by atoms with Crippen LogP contribution < -0.4 is 0 Å². The summed E-state index contributed by atoms with van der Waals surface area (Å²) in [5.41, 5.74) is 2.71. The first kappa shape index (κ1) is 11.8. The highest BCUT2D eigenvalue weighted by molar-refractivity contribution is 5.27. The second-order valence-corrected chi connectivity index (χ2v) is 4.64. The zero-order valence-electron chi connectivity index (χ0n) is 9.71. The van der Waals surface area contributed by atoms with Gasteiger partial charge in [0.1, 0.15) is 6.61 Å². The van der Waals surface area contributed by atoms with E-state index in [-0.39, 0.29) is 5.41 Å². The molecule has 0 spiro atoms. The molecule has 1 rings (SSSR count). The van der Waals surface area contributed by atoms with Crippen LogP contribution in [0.15, 0.2) is 24.3 Å². The molecule has 0 bridgehead atoms. The Morgan fingerprint density at radius 2 is 1.80 bits per heavy atom. The molecule has 80 valence electrons. The standard InChI is InChI=1S/C14H18O/c1-5-10-15-11-12-6-8-13(9-7-12)14(2,3)4/h1,6-9H,10-11H2,2-4H3. The highest BCUT2D eigenvalue weighted by atomic mass is 16.5. The Morgan fingerprint density at radius 3 is 2.27 bits per heavy atom. The number of hydrogen-bond acceptors (Lipinski definition) is 1. The van der Waals surface area contributed by atoms with Crippen LogP contribution in [0.2, 0.25) is 0 Å². The molecular formula is C14H18O. The van der Waals surface area contributed by atoms with Gasteiger partial charge < -0.3 is 4.74 Å². The van der Waals surface area contributed by atoms with E-state index in [1.165, 1.54) is 11.1 Å². The zero-order chi connectivity index (χ0) is 11.3. The Balaban J connectivity index is 2.61. The highest BCUT2D eigenvalue weighted by Crippen LogP contribution is 2.22. The predicted molar refractivity (Wildman–Crippen MR) is 63.6 cm³/mol. The fourth-order valence-corrected chi connectivity index (χ4v) is 1.33. The molecule has 0 radical (unpaired) electrons. The van der Waals surface area contributed by atoms with E-state index in [2.05, 4.69) is 51.0 Å². The third-order valence-corrected chi connectivity index (χ3v) is 2.27. The summed E-state index contributed by atoms with van der Waals surface area (Å²) in [6, 6.07) is 8.48. The molecule has 0 amide bonds. The van der Waals surface area contributed by atoms with Crippen LogP contribution >= 0.6 is 0 Å². The van der Waals surface area contributed by atoms with Gasteiger partial charge in [-0.1, -0.05) is 51.0 Å². The van der Waals surface area contributed by atoms with Crippen molar-refractivity contribution in [3.8, 4) is 12.3 Å². The van der Waals surface area contributed by atoms with Crippen LogP contribution in [0.3, 0.4) is 0 Å². The Morgan fingerprint density at radius 1 is 1.20 bits per heavy atom. The van der Waals surface area contributed by atoms with Crippen LogP contribution in [0.5, 0.6) is 0 Å². The largest absolute Gasteiger partial charge is 0.364 e. The van der Waals surface area contributed by atoms with Crippen molar-refractivity contribution < 1.29 is 4.74 Å². The van der Waals surface area contributed by atoms with Crippen LogP contribution in [0.25, 0.3) is 0 Å². The SMILES string of the molecule is C#CCOCc1ccc(C(C)(C)C)cc1. The maximum atomic E-state index is 5.26. The molecule has 0 fully saturated rings. The van der Waals surface area contributed by atoms with Crippen LogP contribution in [-0.4, -0.2) is 6.61 Å². The monoisotopic (exact) mass is 202 g/mol. The Kier molecular flexibility index (Phi) is 3.94. The maximum absolute atomic E-state index is 5.26. The minimum atomic E-state index is 0.207. The first-order valence-electron chi connectivity index (χ1n) is 5.14. The van der Waals surface area contributed by atoms with Crippen molar-refractivity contribution >= 4 is 0 Å². The van der Waals surface area contributed by atoms with E-state index in [9.17, 15) is 0 Å². The molecule has 0 atom stereocenters. The van der Waals surface area contributed by atoms with Crippen molar-refractivity contribution in [3.63, 3.8) is 0 Å². The van der Waals surface area contributed by atoms with Gasteiger partial charge in [-0.2, -0.15) is 0 Å². The lowest BCUT2D eigenvalue weighted by molar-refractivity contribution is 0.153. The van der Waals surface area contributed by atoms with Crippen LogP contribution in [-0.2, 0) is 16.8 Å². The molecule has 0 saturated heterocycles. The van der Waals surface area contributed by atoms with Gasteiger partial charge in [-0.25, -0.2) is 0 Å². The number of terminal acetylenes is 1. The summed E-state index contributed by atoms with van der Waals surface area (Å²) < 4.78 is 5.26. The van der Waals surface area contributed by atoms with Gasteiger partial charge in [0.2, 0.25) is 0 Å². The molecular weight excluding hydrogens is 184 g/mol. The van der Waals surface area contributed by atoms with Gasteiger partial charge in [0, 0.05) is 0 Å². The van der Waals surface area contributed by atoms with E-state index in [0.29, 0.717) is 13.2 Å². The predicted octanol–water partition coefficient (Wildman–Crippen LogP) is 3.13. The molecule has 0 saturated carbocycles. The lowest BCUT2D eigenvalue weighted by Gasteiger charge is -2.19. The number of rotatable bonds is 3. The Labute approximate surface area is 92.5 Å². The summed E-state index contributed by atoms with van der Waals surface area (Å²) in [6.07, 6.45) is 5.10. The van der Waals surface area contributed by atoms with Crippen molar-refractivity contribution in [2.45, 2.75) is 32.8 Å². The molecule has 0 aliphatic carbocycles. The molecule has 1 heteroatoms. The van der Waals surface area contributed by atoms with Gasteiger partial charge in [-0.05, 0) is 16.5 Å². The molecule has 1 aromatic rings. The average molecular weight is 202 g/mol. The first-order valence-corrected chi connectivity index (χ1v) is 5.14. The smallest absolute Gasteiger partial charge is 0.107 e. The molecule has 0 heterocycles. The summed E-state index contributed by atoms with van der Waals surface area (Å²) in [6.45, 7) is 7.58. The molecule has 0 aliphatic rings. The Hall–Kier alpha value is -1.26. The van der Waals surface area contributed by atoms with E-state index in [4.69, 9.17) is 11.2 Å². The van der Waals surface area contributed by atoms with E-state index in [1.807, 2.05) is 0 Å². The van der Waals surface area contributed by atoms with Gasteiger partial charge in [0.15, 0.2) is 0 Å². The fraction of sp³-hybridized carbons (Fsp3) is 0.429. The topological polar surface area (TPSA) is 9.23 Å². The third kappa shape index (κ3) is 3.77. The van der Waals surface area contributed by atoms with Crippen molar-refractivity contribution in [1.29, 1.82) is 0 Å². The minimum Gasteiger partial charge on any atom is -0.364 e. The van der Waals surface area contributed by atoms with Crippen molar-refractivity contribution in [3.05, 3.63) is 35.4 Å². The Bertz CT molecular complexity index is 335. The van der Waals surface area contributed by atoms with Gasteiger partial charge in [0.25, 0.3) is 0 Å². The molecule has 0 N–H and O–H groups in total. The van der Waals surface area contributed by atoms with Crippen molar-refractivity contribution in [1.82, 2.24) is 0 Å². The number of benzene rings is 1. The van der Waals surface area contributed by atoms with Crippen molar-refractivity contribution in [2.24, 2.45) is 0 Å². The van der Waals surface area contributed by atoms with E-state index in [1.54, 1.807) is 0 Å². The summed E-state index contributed by atoms with van der Waals surface area (Å²) in [7, 11) is 0. The third-order valence-electron chi connectivity index (χ3n) is 2.27. The highest BCUT2D eigenvalue weighted by Gasteiger charge is 2.12. The lowest BCUT2D eigenvalue weighted by atomic mass is 9.87. The first-order chi connectivity index (χ1) is 7.04. The molecule has 0 aromatic heterocycles. The van der Waals surface area contributed by atoms with Crippen LogP contribution in [0.1, 0.15) is 31.9 Å². The number of hydrogen-bond donors (Lipinski definition) is 0. The van der Waals surface area contributed by atoms with Gasteiger partial charge in [0.05, 0.1) is 6.61 Å². The van der Waals surface area contributed by atoms with Gasteiger partial charge in [-0.15, -0.1) is 6.42 Å². The second-order valence-electron chi connectivity index (χ2n) is 4.64. The average Bonchev–Trinajstić information content (AvgIpc) is 2.18. The van der Waals surface area contributed by atoms with E-state index >= 15 is 0 Å². The lowest BCUT2D eigenvalue weighted by Crippen LogP contribution is -2.10. The molecule has 0 unspecified atom stereocenters. The summed E-state index contributed by atoms with van der Waals surface area (Å²) in [4.78, 5) is 0. The van der Waals surface area contributed by atoms with Gasteiger partial charge >= 0.3 is 0 Å². The maximum Gasteiger partial charge on any atom is 0.107 e. The zero-order valence-corrected chi connectivity index (χ0v) is 9.71. The summed E-state index contributed by atoms with van der Waals surface area (Å²) >= 11 is 0. The van der Waals surface area contributed by atoms with Crippen molar-refractivity contribution in [2.75, 3.05) is 6.61 Å². The normalized spacial score (nSPS) is 11.1.